The smallest absolute Gasteiger partial charge is 0.277 e. The van der Waals surface area contributed by atoms with Gasteiger partial charge in [0.25, 0.3) is 17.5 Å². The summed E-state index contributed by atoms with van der Waals surface area (Å²) in [5, 5.41) is 22.3. The standard InChI is InChI=1S/C13H13N3O6/c1-22-11-3-2-8(16(20)21)6-9(11)14-10-7-12(18)15(4-5-17)13(10)19/h2-3,6-7,14,17H,4-5H2,1H3. The summed E-state index contributed by atoms with van der Waals surface area (Å²) in [5.74, 6) is -0.897. The van der Waals surface area contributed by atoms with E-state index in [9.17, 15) is 19.7 Å². The number of anilines is 1. The number of benzene rings is 1. The van der Waals surface area contributed by atoms with E-state index in [0.29, 0.717) is 0 Å². The largest absolute Gasteiger partial charge is 0.495 e. The quantitative estimate of drug-likeness (QED) is 0.439. The highest BCUT2D eigenvalue weighted by molar-refractivity contribution is 6.17. The molecule has 2 amide bonds. The lowest BCUT2D eigenvalue weighted by Crippen LogP contribution is -2.34. The molecular weight excluding hydrogens is 294 g/mol. The van der Waals surface area contributed by atoms with Crippen molar-refractivity contribution in [3.05, 3.63) is 40.1 Å². The number of non-ortho nitro benzene ring substituents is 1. The van der Waals surface area contributed by atoms with Crippen LogP contribution in [-0.4, -0.2) is 47.0 Å². The van der Waals surface area contributed by atoms with E-state index < -0.39 is 16.7 Å². The predicted octanol–water partition coefficient (Wildman–Crippen LogP) is 0.260. The first kappa shape index (κ1) is 15.4. The Balaban J connectivity index is 2.29. The Bertz CT molecular complexity index is 670. The van der Waals surface area contributed by atoms with Gasteiger partial charge in [-0.2, -0.15) is 0 Å². The zero-order valence-corrected chi connectivity index (χ0v) is 11.6. The van der Waals surface area contributed by atoms with Crippen LogP contribution in [0.15, 0.2) is 30.0 Å². The predicted molar refractivity (Wildman–Crippen MR) is 75.2 cm³/mol. The number of hydrogen-bond donors (Lipinski definition) is 2. The third-order valence-corrected chi connectivity index (χ3v) is 3.00. The maximum Gasteiger partial charge on any atom is 0.277 e. The van der Waals surface area contributed by atoms with Gasteiger partial charge in [-0.15, -0.1) is 0 Å². The molecule has 0 saturated carbocycles. The Morgan fingerprint density at radius 2 is 2.14 bits per heavy atom. The SMILES string of the molecule is COc1ccc([N+](=O)[O-])cc1NC1=CC(=O)N(CCO)C1=O. The Morgan fingerprint density at radius 3 is 2.73 bits per heavy atom. The lowest BCUT2D eigenvalue weighted by Gasteiger charge is -2.14. The minimum atomic E-state index is -0.618. The van der Waals surface area contributed by atoms with Crippen LogP contribution in [0.4, 0.5) is 11.4 Å². The molecule has 1 aromatic carbocycles. The molecule has 2 rings (SSSR count). The van der Waals surface area contributed by atoms with Crippen molar-refractivity contribution in [2.24, 2.45) is 0 Å². The molecule has 0 spiro atoms. The first-order valence-corrected chi connectivity index (χ1v) is 6.25. The minimum absolute atomic E-state index is 0.0442. The van der Waals surface area contributed by atoms with Gasteiger partial charge in [0.15, 0.2) is 0 Å². The molecule has 0 unspecified atom stereocenters. The summed E-state index contributed by atoms with van der Waals surface area (Å²) >= 11 is 0. The second-order valence-electron chi connectivity index (χ2n) is 4.34. The van der Waals surface area contributed by atoms with Crippen LogP contribution in [-0.2, 0) is 9.59 Å². The number of carbonyl (C=O) groups excluding carboxylic acids is 2. The van der Waals surface area contributed by atoms with Gasteiger partial charge in [0.1, 0.15) is 11.4 Å². The van der Waals surface area contributed by atoms with Crippen LogP contribution in [0.5, 0.6) is 5.75 Å². The molecular formula is C13H13N3O6. The highest BCUT2D eigenvalue weighted by Crippen LogP contribution is 2.30. The van der Waals surface area contributed by atoms with Crippen LogP contribution in [0.1, 0.15) is 0 Å². The van der Waals surface area contributed by atoms with Crippen LogP contribution < -0.4 is 10.1 Å². The van der Waals surface area contributed by atoms with Crippen LogP contribution in [0, 0.1) is 10.1 Å². The van der Waals surface area contributed by atoms with E-state index in [1.54, 1.807) is 0 Å². The summed E-state index contributed by atoms with van der Waals surface area (Å²) in [7, 11) is 1.38. The molecule has 0 aliphatic carbocycles. The number of nitrogens with zero attached hydrogens (tertiary/aromatic N) is 2. The van der Waals surface area contributed by atoms with Gasteiger partial charge in [0.05, 0.1) is 30.9 Å². The number of rotatable bonds is 6. The molecule has 1 aliphatic rings. The number of nitro benzene ring substituents is 1. The molecule has 0 bridgehead atoms. The van der Waals surface area contributed by atoms with Gasteiger partial charge < -0.3 is 15.2 Å². The number of nitrogens with one attached hydrogen (secondary N) is 1. The normalized spacial score (nSPS) is 14.1. The first-order chi connectivity index (χ1) is 10.5. The Hall–Kier alpha value is -2.94. The fourth-order valence-corrected chi connectivity index (χ4v) is 1.96. The van der Waals surface area contributed by atoms with E-state index in [-0.39, 0.29) is 36.0 Å². The summed E-state index contributed by atoms with van der Waals surface area (Å²) in [6.07, 6.45) is 1.07. The van der Waals surface area contributed by atoms with E-state index in [0.717, 1.165) is 11.0 Å². The third kappa shape index (κ3) is 2.88. The summed E-state index contributed by atoms with van der Waals surface area (Å²) < 4.78 is 5.06. The first-order valence-electron chi connectivity index (χ1n) is 6.25. The van der Waals surface area contributed by atoms with Crippen molar-refractivity contribution in [1.82, 2.24) is 4.90 Å². The lowest BCUT2D eigenvalue weighted by molar-refractivity contribution is -0.384. The molecule has 0 saturated heterocycles. The summed E-state index contributed by atoms with van der Waals surface area (Å²) in [6, 6.07) is 3.85. The van der Waals surface area contributed by atoms with Crippen LogP contribution in [0.2, 0.25) is 0 Å². The van der Waals surface area contributed by atoms with E-state index in [1.807, 2.05) is 0 Å². The molecule has 0 radical (unpaired) electrons. The van der Waals surface area contributed by atoms with Crippen molar-refractivity contribution in [3.8, 4) is 5.75 Å². The number of methoxy groups -OCH3 is 1. The van der Waals surface area contributed by atoms with Crippen LogP contribution in [0.3, 0.4) is 0 Å². The van der Waals surface area contributed by atoms with E-state index in [2.05, 4.69) is 5.32 Å². The molecule has 1 aliphatic heterocycles. The molecule has 2 N–H and O–H groups in total. The van der Waals surface area contributed by atoms with E-state index in [1.165, 1.54) is 25.3 Å². The topological polar surface area (TPSA) is 122 Å². The van der Waals surface area contributed by atoms with Crippen molar-refractivity contribution < 1.29 is 24.4 Å². The van der Waals surface area contributed by atoms with Crippen LogP contribution in [0.25, 0.3) is 0 Å². The molecule has 0 aromatic heterocycles. The van der Waals surface area contributed by atoms with Gasteiger partial charge in [-0.25, -0.2) is 0 Å². The van der Waals surface area contributed by atoms with Gasteiger partial charge >= 0.3 is 0 Å². The van der Waals surface area contributed by atoms with Crippen LogP contribution >= 0.6 is 0 Å². The summed E-state index contributed by atoms with van der Waals surface area (Å²) in [4.78, 5) is 34.8. The highest BCUT2D eigenvalue weighted by Gasteiger charge is 2.31. The zero-order valence-electron chi connectivity index (χ0n) is 11.6. The molecule has 116 valence electrons. The summed E-state index contributed by atoms with van der Waals surface area (Å²) in [6.45, 7) is -0.468. The molecule has 1 heterocycles. The third-order valence-electron chi connectivity index (χ3n) is 3.00. The van der Waals surface area contributed by atoms with Crippen molar-refractivity contribution in [2.45, 2.75) is 0 Å². The van der Waals surface area contributed by atoms with Gasteiger partial charge in [0, 0.05) is 18.2 Å². The van der Waals surface area contributed by atoms with E-state index >= 15 is 0 Å². The summed E-state index contributed by atoms with van der Waals surface area (Å²) in [5.41, 5.74) is -0.0416. The van der Waals surface area contributed by atoms with Crippen molar-refractivity contribution in [2.75, 3.05) is 25.6 Å². The fourth-order valence-electron chi connectivity index (χ4n) is 1.96. The number of amides is 2. The number of aliphatic hydroxyl groups is 1. The molecule has 9 heteroatoms. The second kappa shape index (κ2) is 6.22. The maximum absolute atomic E-state index is 12.0. The number of carbonyl (C=O) groups is 2. The Morgan fingerprint density at radius 1 is 1.41 bits per heavy atom. The fraction of sp³-hybridized carbons (Fsp3) is 0.231. The number of aliphatic hydroxyl groups excluding tert-OH is 1. The van der Waals surface area contributed by atoms with Gasteiger partial charge in [-0.3, -0.25) is 24.6 Å². The second-order valence-corrected chi connectivity index (χ2v) is 4.34. The molecule has 9 nitrogen and oxygen atoms in total. The van der Waals surface area contributed by atoms with Gasteiger partial charge in [-0.1, -0.05) is 0 Å². The van der Waals surface area contributed by atoms with Gasteiger partial charge in [-0.05, 0) is 6.07 Å². The Kier molecular flexibility index (Phi) is 4.37. The zero-order chi connectivity index (χ0) is 16.3. The number of β-amino-alcohol motifs (C(OH)–C–C–N with tert-alkyl or cyclic N) is 1. The lowest BCUT2D eigenvalue weighted by atomic mass is 10.2. The monoisotopic (exact) mass is 307 g/mol. The minimum Gasteiger partial charge on any atom is -0.495 e. The number of nitro groups is 1. The average Bonchev–Trinajstić information content (AvgIpc) is 2.75. The molecule has 0 atom stereocenters. The molecule has 0 fully saturated rings. The highest BCUT2D eigenvalue weighted by atomic mass is 16.6. The molecule has 1 aromatic rings. The Labute approximate surface area is 124 Å². The number of ether oxygens (including phenoxy) is 1. The number of hydrogen-bond acceptors (Lipinski definition) is 7. The van der Waals surface area contributed by atoms with Crippen molar-refractivity contribution in [1.29, 1.82) is 0 Å². The molecule has 22 heavy (non-hydrogen) atoms. The average molecular weight is 307 g/mol. The number of imide groups is 1. The van der Waals surface area contributed by atoms with Crippen molar-refractivity contribution in [3.63, 3.8) is 0 Å². The van der Waals surface area contributed by atoms with Gasteiger partial charge in [0.2, 0.25) is 0 Å². The van der Waals surface area contributed by atoms with E-state index in [4.69, 9.17) is 9.84 Å². The maximum atomic E-state index is 12.0. The van der Waals surface area contributed by atoms with Crippen molar-refractivity contribution >= 4 is 23.2 Å².